The highest BCUT2D eigenvalue weighted by Crippen LogP contribution is 2.37. The van der Waals surface area contributed by atoms with Crippen LogP contribution in [0.15, 0.2) is 18.2 Å². The van der Waals surface area contributed by atoms with E-state index in [4.69, 9.17) is 23.2 Å². The third-order valence-electron chi connectivity index (χ3n) is 5.54. The Morgan fingerprint density at radius 3 is 2.62 bits per heavy atom. The molecule has 1 aliphatic heterocycles. The maximum absolute atomic E-state index is 12.6. The van der Waals surface area contributed by atoms with Crippen molar-refractivity contribution in [2.24, 2.45) is 0 Å². The van der Waals surface area contributed by atoms with Crippen molar-refractivity contribution in [2.75, 3.05) is 42.9 Å². The van der Waals surface area contributed by atoms with Crippen molar-refractivity contribution >= 4 is 51.1 Å². The number of hydrogen-bond acceptors (Lipinski definition) is 5. The van der Waals surface area contributed by atoms with E-state index in [2.05, 4.69) is 21.2 Å². The summed E-state index contributed by atoms with van der Waals surface area (Å²) in [6.07, 6.45) is 4.24. The van der Waals surface area contributed by atoms with E-state index in [0.717, 1.165) is 68.1 Å². The number of amides is 1. The molecule has 2 aliphatic rings. The van der Waals surface area contributed by atoms with Gasteiger partial charge in [0.1, 0.15) is 11.1 Å². The average Bonchev–Trinajstić information content (AvgIpc) is 3.07. The zero-order valence-electron chi connectivity index (χ0n) is 16.0. The molecular weight excluding hydrogens is 427 g/mol. The Labute approximate surface area is 184 Å². The van der Waals surface area contributed by atoms with Crippen LogP contribution in [0.4, 0.5) is 10.7 Å². The van der Waals surface area contributed by atoms with Crippen LogP contribution in [0.2, 0.25) is 10.0 Å². The summed E-state index contributed by atoms with van der Waals surface area (Å²) >= 11 is 13.7. The number of carbonyl (C=O) groups excluding carboxylic acids is 1. The van der Waals surface area contributed by atoms with Crippen LogP contribution in [0, 0.1) is 11.3 Å². The lowest BCUT2D eigenvalue weighted by atomic mass is 9.96. The SMILES string of the molecule is N#Cc1c(NC(=O)CN2CCN(c3ccc(Cl)c(Cl)c3)CC2)sc2c1CCCC2. The Kier molecular flexibility index (Phi) is 6.31. The molecule has 1 amide bonds. The normalized spacial score (nSPS) is 16.9. The van der Waals surface area contributed by atoms with Crippen LogP contribution in [-0.2, 0) is 17.6 Å². The summed E-state index contributed by atoms with van der Waals surface area (Å²) in [7, 11) is 0. The summed E-state index contributed by atoms with van der Waals surface area (Å²) in [5.74, 6) is -0.0527. The third-order valence-corrected chi connectivity index (χ3v) is 7.49. The molecule has 5 nitrogen and oxygen atoms in total. The summed E-state index contributed by atoms with van der Waals surface area (Å²) in [5.41, 5.74) is 2.86. The fraction of sp³-hybridized carbons (Fsp3) is 0.429. The number of halogens is 2. The fourth-order valence-electron chi connectivity index (χ4n) is 3.99. The molecule has 1 aromatic carbocycles. The highest BCUT2D eigenvalue weighted by molar-refractivity contribution is 7.16. The van der Waals surface area contributed by atoms with E-state index in [-0.39, 0.29) is 5.91 Å². The van der Waals surface area contributed by atoms with E-state index in [9.17, 15) is 10.1 Å². The van der Waals surface area contributed by atoms with Crippen molar-refractivity contribution in [2.45, 2.75) is 25.7 Å². The molecule has 2 aromatic rings. The molecule has 4 rings (SSSR count). The van der Waals surface area contributed by atoms with Gasteiger partial charge in [-0.1, -0.05) is 23.2 Å². The molecule has 29 heavy (non-hydrogen) atoms. The second kappa shape index (κ2) is 8.93. The van der Waals surface area contributed by atoms with Gasteiger partial charge in [0.05, 0.1) is 22.2 Å². The Balaban J connectivity index is 1.33. The van der Waals surface area contributed by atoms with Gasteiger partial charge in [0.2, 0.25) is 5.91 Å². The number of thiophene rings is 1. The number of carbonyl (C=O) groups is 1. The summed E-state index contributed by atoms with van der Waals surface area (Å²) in [5, 5.41) is 14.4. The number of nitrogens with one attached hydrogen (secondary N) is 1. The topological polar surface area (TPSA) is 59.4 Å². The minimum absolute atomic E-state index is 0.0527. The van der Waals surface area contributed by atoms with Crippen LogP contribution >= 0.6 is 34.5 Å². The fourth-order valence-corrected chi connectivity index (χ4v) is 5.54. The maximum atomic E-state index is 12.6. The molecule has 0 atom stereocenters. The maximum Gasteiger partial charge on any atom is 0.239 e. The molecule has 0 saturated carbocycles. The third kappa shape index (κ3) is 4.54. The number of hydrogen-bond donors (Lipinski definition) is 1. The number of nitrogens with zero attached hydrogens (tertiary/aromatic N) is 3. The van der Waals surface area contributed by atoms with Gasteiger partial charge in [-0.3, -0.25) is 9.69 Å². The summed E-state index contributed by atoms with van der Waals surface area (Å²) in [6, 6.07) is 7.97. The van der Waals surface area contributed by atoms with E-state index in [1.54, 1.807) is 11.3 Å². The smallest absolute Gasteiger partial charge is 0.239 e. The zero-order chi connectivity index (χ0) is 20.4. The van der Waals surface area contributed by atoms with Crippen molar-refractivity contribution in [1.29, 1.82) is 5.26 Å². The molecular formula is C21H22Cl2N4OS. The Morgan fingerprint density at radius 2 is 1.90 bits per heavy atom. The van der Waals surface area contributed by atoms with E-state index in [0.29, 0.717) is 22.2 Å². The van der Waals surface area contributed by atoms with Crippen molar-refractivity contribution in [3.63, 3.8) is 0 Å². The number of aryl methyl sites for hydroxylation is 1. The summed E-state index contributed by atoms with van der Waals surface area (Å²) in [4.78, 5) is 18.2. The van der Waals surface area contributed by atoms with E-state index in [1.807, 2.05) is 18.2 Å². The van der Waals surface area contributed by atoms with Crippen LogP contribution in [0.3, 0.4) is 0 Å². The van der Waals surface area contributed by atoms with Gasteiger partial charge >= 0.3 is 0 Å². The van der Waals surface area contributed by atoms with Gasteiger partial charge in [-0.2, -0.15) is 5.26 Å². The number of benzene rings is 1. The van der Waals surface area contributed by atoms with E-state index in [1.165, 1.54) is 4.88 Å². The Hall–Kier alpha value is -1.78. The first-order valence-electron chi connectivity index (χ1n) is 9.82. The molecule has 152 valence electrons. The molecule has 1 aromatic heterocycles. The highest BCUT2D eigenvalue weighted by Gasteiger charge is 2.24. The van der Waals surface area contributed by atoms with Gasteiger partial charge in [-0.05, 0) is 49.4 Å². The molecule has 1 N–H and O–H groups in total. The van der Waals surface area contributed by atoms with Gasteiger partial charge in [0.25, 0.3) is 0 Å². The predicted molar refractivity (Wildman–Crippen MR) is 119 cm³/mol. The van der Waals surface area contributed by atoms with Gasteiger partial charge in [-0.15, -0.1) is 11.3 Å². The molecule has 0 bridgehead atoms. The highest BCUT2D eigenvalue weighted by atomic mass is 35.5. The van der Waals surface area contributed by atoms with Crippen molar-refractivity contribution < 1.29 is 4.79 Å². The zero-order valence-corrected chi connectivity index (χ0v) is 18.3. The monoisotopic (exact) mass is 448 g/mol. The second-order valence-electron chi connectivity index (χ2n) is 7.44. The molecule has 8 heteroatoms. The van der Waals surface area contributed by atoms with Crippen LogP contribution in [0.5, 0.6) is 0 Å². The first kappa shape index (κ1) is 20.5. The van der Waals surface area contributed by atoms with Gasteiger partial charge in [0.15, 0.2) is 0 Å². The van der Waals surface area contributed by atoms with Gasteiger partial charge in [-0.25, -0.2) is 0 Å². The first-order valence-corrected chi connectivity index (χ1v) is 11.4. The van der Waals surface area contributed by atoms with Crippen molar-refractivity contribution in [1.82, 2.24) is 4.90 Å². The van der Waals surface area contributed by atoms with Crippen molar-refractivity contribution in [3.05, 3.63) is 44.2 Å². The van der Waals surface area contributed by atoms with Crippen LogP contribution < -0.4 is 10.2 Å². The number of anilines is 2. The van der Waals surface area contributed by atoms with Crippen molar-refractivity contribution in [3.8, 4) is 6.07 Å². The quantitative estimate of drug-likeness (QED) is 0.743. The minimum Gasteiger partial charge on any atom is -0.369 e. The molecule has 1 aliphatic carbocycles. The van der Waals surface area contributed by atoms with E-state index < -0.39 is 0 Å². The van der Waals surface area contributed by atoms with Crippen LogP contribution in [0.1, 0.15) is 28.8 Å². The molecule has 1 saturated heterocycles. The summed E-state index contributed by atoms with van der Waals surface area (Å²) in [6.45, 7) is 3.56. The Bertz CT molecular complexity index is 960. The standard InChI is InChI=1S/C21H22Cl2N4OS/c22-17-6-5-14(11-18(17)23)27-9-7-26(8-10-27)13-20(28)25-21-16(12-24)15-3-1-2-4-19(15)29-21/h5-6,11H,1-4,7-10,13H2,(H,25,28). The number of nitriles is 1. The lowest BCUT2D eigenvalue weighted by Gasteiger charge is -2.35. The molecule has 0 unspecified atom stereocenters. The Morgan fingerprint density at radius 1 is 1.14 bits per heavy atom. The largest absolute Gasteiger partial charge is 0.369 e. The number of fused-ring (bicyclic) bond motifs is 1. The van der Waals surface area contributed by atoms with Gasteiger partial charge in [0, 0.05) is 36.7 Å². The van der Waals surface area contributed by atoms with Crippen LogP contribution in [0.25, 0.3) is 0 Å². The minimum atomic E-state index is -0.0527. The average molecular weight is 449 g/mol. The molecule has 0 radical (unpaired) electrons. The molecule has 1 fully saturated rings. The lowest BCUT2D eigenvalue weighted by molar-refractivity contribution is -0.117. The number of piperazine rings is 1. The second-order valence-corrected chi connectivity index (χ2v) is 9.36. The van der Waals surface area contributed by atoms with E-state index >= 15 is 0 Å². The first-order chi connectivity index (χ1) is 14.0. The molecule has 2 heterocycles. The molecule has 0 spiro atoms. The lowest BCUT2D eigenvalue weighted by Crippen LogP contribution is -2.48. The van der Waals surface area contributed by atoms with Gasteiger partial charge < -0.3 is 10.2 Å². The summed E-state index contributed by atoms with van der Waals surface area (Å²) < 4.78 is 0. The number of rotatable bonds is 4. The predicted octanol–water partition coefficient (Wildman–Crippen LogP) is 4.57. The van der Waals surface area contributed by atoms with Crippen LogP contribution in [-0.4, -0.2) is 43.5 Å².